The first-order valence-corrected chi connectivity index (χ1v) is 5.20. The van der Waals surface area contributed by atoms with Gasteiger partial charge in [0.15, 0.2) is 11.6 Å². The van der Waals surface area contributed by atoms with E-state index in [-0.39, 0.29) is 10.8 Å². The van der Waals surface area contributed by atoms with E-state index in [0.29, 0.717) is 11.3 Å². The van der Waals surface area contributed by atoms with Gasteiger partial charge in [-0.3, -0.25) is 0 Å². The lowest BCUT2D eigenvalue weighted by atomic mass is 10.2. The fourth-order valence-corrected chi connectivity index (χ4v) is 1.52. The number of nitrogens with zero attached hydrogens (tertiary/aromatic N) is 1. The Labute approximate surface area is 103 Å². The summed E-state index contributed by atoms with van der Waals surface area (Å²) in [7, 11) is 0. The van der Waals surface area contributed by atoms with E-state index in [1.54, 1.807) is 18.2 Å². The molecule has 0 saturated carbocycles. The van der Waals surface area contributed by atoms with Crippen LogP contribution in [0.4, 0.5) is 4.39 Å². The molecule has 0 aliphatic carbocycles. The molecule has 0 aliphatic rings. The standard InChI is InChI=1S/C13H7ClFNO/c14-11-7-10(6-5-9(11)8-16)17-13-4-2-1-3-12(13)15/h1-7H. The lowest BCUT2D eigenvalue weighted by molar-refractivity contribution is 0.442. The zero-order valence-electron chi connectivity index (χ0n) is 8.65. The van der Waals surface area contributed by atoms with E-state index in [9.17, 15) is 4.39 Å². The van der Waals surface area contributed by atoms with Crippen LogP contribution in [0.1, 0.15) is 5.56 Å². The zero-order valence-corrected chi connectivity index (χ0v) is 9.41. The van der Waals surface area contributed by atoms with Gasteiger partial charge >= 0.3 is 0 Å². The topological polar surface area (TPSA) is 33.0 Å². The number of hydrogen-bond acceptors (Lipinski definition) is 2. The molecule has 0 atom stereocenters. The fraction of sp³-hybridized carbons (Fsp3) is 0. The van der Waals surface area contributed by atoms with Gasteiger partial charge in [-0.05, 0) is 24.3 Å². The van der Waals surface area contributed by atoms with Gasteiger partial charge in [0.25, 0.3) is 0 Å². The Balaban J connectivity index is 2.29. The minimum atomic E-state index is -0.451. The molecule has 4 heteroatoms. The van der Waals surface area contributed by atoms with Gasteiger partial charge in [-0.15, -0.1) is 0 Å². The smallest absolute Gasteiger partial charge is 0.165 e. The maximum absolute atomic E-state index is 13.3. The highest BCUT2D eigenvalue weighted by Gasteiger charge is 2.05. The van der Waals surface area contributed by atoms with Crippen molar-refractivity contribution in [1.29, 1.82) is 5.26 Å². The van der Waals surface area contributed by atoms with Gasteiger partial charge in [-0.2, -0.15) is 5.26 Å². The SMILES string of the molecule is N#Cc1ccc(Oc2ccccc2F)cc1Cl. The summed E-state index contributed by atoms with van der Waals surface area (Å²) in [5.41, 5.74) is 0.354. The van der Waals surface area contributed by atoms with Crippen LogP contribution in [-0.4, -0.2) is 0 Å². The molecule has 0 spiro atoms. The van der Waals surface area contributed by atoms with E-state index in [2.05, 4.69) is 0 Å². The highest BCUT2D eigenvalue weighted by molar-refractivity contribution is 6.31. The number of hydrogen-bond donors (Lipinski definition) is 0. The number of benzene rings is 2. The van der Waals surface area contributed by atoms with Crippen LogP contribution in [0.3, 0.4) is 0 Å². The second kappa shape index (κ2) is 4.86. The maximum Gasteiger partial charge on any atom is 0.165 e. The summed E-state index contributed by atoms with van der Waals surface area (Å²) in [5.74, 6) is 0.0559. The zero-order chi connectivity index (χ0) is 12.3. The van der Waals surface area contributed by atoms with Crippen molar-refractivity contribution >= 4 is 11.6 Å². The molecule has 2 aromatic carbocycles. The molecule has 0 radical (unpaired) electrons. The molecule has 2 rings (SSSR count). The Morgan fingerprint density at radius 1 is 1.18 bits per heavy atom. The largest absolute Gasteiger partial charge is 0.454 e. The van der Waals surface area contributed by atoms with Crippen molar-refractivity contribution in [3.05, 3.63) is 58.9 Å². The summed E-state index contributed by atoms with van der Waals surface area (Å²) in [4.78, 5) is 0. The first-order valence-electron chi connectivity index (χ1n) is 4.83. The van der Waals surface area contributed by atoms with Crippen LogP contribution in [-0.2, 0) is 0 Å². The molecule has 0 bridgehead atoms. The lowest BCUT2D eigenvalue weighted by Gasteiger charge is -2.07. The average Bonchev–Trinajstić information content (AvgIpc) is 2.32. The number of rotatable bonds is 2. The fourth-order valence-electron chi connectivity index (χ4n) is 1.30. The molecule has 2 aromatic rings. The molecule has 0 unspecified atom stereocenters. The molecule has 0 heterocycles. The number of halogens is 2. The molecule has 0 amide bonds. The van der Waals surface area contributed by atoms with E-state index in [0.717, 1.165) is 0 Å². The third-order valence-electron chi connectivity index (χ3n) is 2.13. The van der Waals surface area contributed by atoms with Crippen LogP contribution >= 0.6 is 11.6 Å². The van der Waals surface area contributed by atoms with Gasteiger partial charge in [0.2, 0.25) is 0 Å². The highest BCUT2D eigenvalue weighted by atomic mass is 35.5. The van der Waals surface area contributed by atoms with Gasteiger partial charge in [-0.25, -0.2) is 4.39 Å². The van der Waals surface area contributed by atoms with E-state index in [1.807, 2.05) is 6.07 Å². The Bertz CT molecular complexity index is 592. The van der Waals surface area contributed by atoms with E-state index < -0.39 is 5.82 Å². The van der Waals surface area contributed by atoms with Crippen LogP contribution in [0.2, 0.25) is 5.02 Å². The van der Waals surface area contributed by atoms with Crippen LogP contribution < -0.4 is 4.74 Å². The van der Waals surface area contributed by atoms with Gasteiger partial charge in [0.1, 0.15) is 11.8 Å². The normalized spacial score (nSPS) is 9.71. The summed E-state index contributed by atoms with van der Waals surface area (Å²) in [6.45, 7) is 0. The summed E-state index contributed by atoms with van der Waals surface area (Å²) < 4.78 is 18.6. The van der Waals surface area contributed by atoms with E-state index in [4.69, 9.17) is 21.6 Å². The summed E-state index contributed by atoms with van der Waals surface area (Å²) >= 11 is 5.84. The molecule has 0 N–H and O–H groups in total. The molecule has 84 valence electrons. The third kappa shape index (κ3) is 2.55. The van der Waals surface area contributed by atoms with Gasteiger partial charge < -0.3 is 4.74 Å². The molecule has 0 aromatic heterocycles. The Morgan fingerprint density at radius 3 is 2.59 bits per heavy atom. The van der Waals surface area contributed by atoms with Crippen molar-refractivity contribution in [2.24, 2.45) is 0 Å². The van der Waals surface area contributed by atoms with Gasteiger partial charge in [0.05, 0.1) is 10.6 Å². The third-order valence-corrected chi connectivity index (χ3v) is 2.44. The molecule has 0 fully saturated rings. The molecule has 0 aliphatic heterocycles. The molecule has 2 nitrogen and oxygen atoms in total. The molecular formula is C13H7ClFNO. The maximum atomic E-state index is 13.3. The van der Waals surface area contributed by atoms with Crippen molar-refractivity contribution < 1.29 is 9.13 Å². The van der Waals surface area contributed by atoms with Gasteiger partial charge in [0, 0.05) is 6.07 Å². The van der Waals surface area contributed by atoms with Gasteiger partial charge in [-0.1, -0.05) is 23.7 Å². The quantitative estimate of drug-likeness (QED) is 0.799. The Morgan fingerprint density at radius 2 is 1.94 bits per heavy atom. The van der Waals surface area contributed by atoms with Crippen molar-refractivity contribution in [1.82, 2.24) is 0 Å². The van der Waals surface area contributed by atoms with E-state index in [1.165, 1.54) is 24.3 Å². The number of para-hydroxylation sites is 1. The van der Waals surface area contributed by atoms with Crippen molar-refractivity contribution in [2.75, 3.05) is 0 Å². The monoisotopic (exact) mass is 247 g/mol. The molecular weight excluding hydrogens is 241 g/mol. The second-order valence-corrected chi connectivity index (χ2v) is 3.69. The Hall–Kier alpha value is -2.05. The van der Waals surface area contributed by atoms with Crippen LogP contribution in [0.5, 0.6) is 11.5 Å². The van der Waals surface area contributed by atoms with Crippen molar-refractivity contribution in [3.8, 4) is 17.6 Å². The van der Waals surface area contributed by atoms with E-state index >= 15 is 0 Å². The number of ether oxygens (including phenoxy) is 1. The predicted octanol–water partition coefficient (Wildman–Crippen LogP) is 4.14. The van der Waals surface area contributed by atoms with Crippen molar-refractivity contribution in [3.63, 3.8) is 0 Å². The highest BCUT2D eigenvalue weighted by Crippen LogP contribution is 2.27. The first-order chi connectivity index (χ1) is 8.20. The Kier molecular flexibility index (Phi) is 3.27. The van der Waals surface area contributed by atoms with Crippen LogP contribution in [0.25, 0.3) is 0 Å². The summed E-state index contributed by atoms with van der Waals surface area (Å²) in [6.07, 6.45) is 0. The minimum Gasteiger partial charge on any atom is -0.454 e. The summed E-state index contributed by atoms with van der Waals surface area (Å²) in [6, 6.07) is 12.6. The summed E-state index contributed by atoms with van der Waals surface area (Å²) in [5, 5.41) is 8.99. The molecule has 0 saturated heterocycles. The number of nitriles is 1. The van der Waals surface area contributed by atoms with Crippen molar-refractivity contribution in [2.45, 2.75) is 0 Å². The van der Waals surface area contributed by atoms with Crippen LogP contribution in [0.15, 0.2) is 42.5 Å². The van der Waals surface area contributed by atoms with Crippen LogP contribution in [0, 0.1) is 17.1 Å². The average molecular weight is 248 g/mol. The lowest BCUT2D eigenvalue weighted by Crippen LogP contribution is -1.88. The second-order valence-electron chi connectivity index (χ2n) is 3.29. The minimum absolute atomic E-state index is 0.119. The first kappa shape index (κ1) is 11.4. The molecule has 17 heavy (non-hydrogen) atoms. The predicted molar refractivity (Wildman–Crippen MR) is 62.6 cm³/mol.